The average Bonchev–Trinajstić information content (AvgIpc) is 3.11. The highest BCUT2D eigenvalue weighted by Gasteiger charge is 2.20. The van der Waals surface area contributed by atoms with Crippen molar-refractivity contribution in [1.29, 1.82) is 0 Å². The molecule has 2 aliphatic heterocycles. The Hall–Kier alpha value is -3.92. The van der Waals surface area contributed by atoms with Crippen LogP contribution in [0.5, 0.6) is 0 Å². The lowest BCUT2D eigenvalue weighted by Crippen LogP contribution is -2.17. The number of hydrogen-bond donors (Lipinski definition) is 1. The first-order chi connectivity index (χ1) is 15.2. The highest BCUT2D eigenvalue weighted by molar-refractivity contribution is 5.60. The Kier molecular flexibility index (Phi) is 4.97. The van der Waals surface area contributed by atoms with Crippen LogP contribution in [0.25, 0.3) is 17.1 Å². The van der Waals surface area contributed by atoms with Crippen molar-refractivity contribution in [2.24, 2.45) is 0 Å². The molecule has 3 aromatic rings. The molecule has 152 valence electrons. The van der Waals surface area contributed by atoms with Gasteiger partial charge in [-0.2, -0.15) is 0 Å². The molecular formula is C27H23N3O. The summed E-state index contributed by atoms with van der Waals surface area (Å²) in [4.78, 5) is 21.6. The van der Waals surface area contributed by atoms with Crippen LogP contribution in [0.4, 0.5) is 0 Å². The van der Waals surface area contributed by atoms with E-state index in [0.717, 1.165) is 22.5 Å². The minimum atomic E-state index is -0.0583. The van der Waals surface area contributed by atoms with Crippen molar-refractivity contribution in [2.75, 3.05) is 0 Å². The molecule has 0 fully saturated rings. The fraction of sp³-hybridized carbons (Fsp3) is 0.111. The highest BCUT2D eigenvalue weighted by atomic mass is 16.1. The number of nitrogens with one attached hydrogen (secondary N) is 1. The molecule has 31 heavy (non-hydrogen) atoms. The summed E-state index contributed by atoms with van der Waals surface area (Å²) in [5.74, 6) is 0.691. The molecule has 0 aromatic heterocycles. The van der Waals surface area contributed by atoms with Crippen LogP contribution in [-0.2, 0) is 12.8 Å². The zero-order valence-electron chi connectivity index (χ0n) is 17.4. The Labute approximate surface area is 181 Å². The maximum atomic E-state index is 13.3. The van der Waals surface area contributed by atoms with E-state index in [0.29, 0.717) is 24.4 Å². The zero-order valence-corrected chi connectivity index (χ0v) is 17.4. The van der Waals surface area contributed by atoms with Gasteiger partial charge in [0.1, 0.15) is 5.69 Å². The van der Waals surface area contributed by atoms with Gasteiger partial charge in [0.2, 0.25) is 0 Å². The number of benzene rings is 3. The molecular weight excluding hydrogens is 382 g/mol. The van der Waals surface area contributed by atoms with Crippen LogP contribution >= 0.6 is 0 Å². The van der Waals surface area contributed by atoms with E-state index < -0.39 is 0 Å². The summed E-state index contributed by atoms with van der Waals surface area (Å²) in [5, 5.41) is 0. The summed E-state index contributed by atoms with van der Waals surface area (Å²) in [5.41, 5.74) is 6.82. The summed E-state index contributed by atoms with van der Waals surface area (Å²) < 4.78 is 1.70. The average molecular weight is 406 g/mol. The molecule has 1 N–H and O–H groups in total. The largest absolute Gasteiger partial charge is 0.354 e. The second kappa shape index (κ2) is 8.07. The summed E-state index contributed by atoms with van der Waals surface area (Å²) in [6, 6.07) is 28.6. The Morgan fingerprint density at radius 1 is 0.839 bits per heavy atom. The monoisotopic (exact) mass is 405 g/mol. The molecule has 0 saturated carbocycles. The lowest BCUT2D eigenvalue weighted by Gasteiger charge is -2.13. The molecule has 0 amide bonds. The third-order valence-electron chi connectivity index (χ3n) is 5.51. The number of fused-ring (bicyclic) bond motifs is 1. The van der Waals surface area contributed by atoms with Gasteiger partial charge in [0.15, 0.2) is 5.82 Å². The lowest BCUT2D eigenvalue weighted by molar-refractivity contribution is 0.914. The van der Waals surface area contributed by atoms with E-state index in [4.69, 9.17) is 4.98 Å². The number of aromatic nitrogens is 3. The van der Waals surface area contributed by atoms with Gasteiger partial charge >= 0.3 is 0 Å². The van der Waals surface area contributed by atoms with E-state index in [-0.39, 0.29) is 5.56 Å². The first-order valence-corrected chi connectivity index (χ1v) is 10.5. The predicted molar refractivity (Wildman–Crippen MR) is 124 cm³/mol. The molecule has 0 bridgehead atoms. The Bertz CT molecular complexity index is 1350. The molecule has 0 unspecified atom stereocenters. The van der Waals surface area contributed by atoms with Crippen molar-refractivity contribution < 1.29 is 0 Å². The molecule has 2 aliphatic rings. The number of hydrogen-bond acceptors (Lipinski definition) is 2. The van der Waals surface area contributed by atoms with Gasteiger partial charge in [-0.15, -0.1) is 0 Å². The maximum Gasteiger partial charge on any atom is 0.278 e. The zero-order chi connectivity index (χ0) is 21.2. The first-order valence-electron chi connectivity index (χ1n) is 10.5. The number of H-pyrrole nitrogens is 1. The maximum absolute atomic E-state index is 13.3. The number of rotatable bonds is 5. The molecule has 0 saturated heterocycles. The molecule has 4 heteroatoms. The van der Waals surface area contributed by atoms with Crippen LogP contribution in [0.15, 0.2) is 95.9 Å². The molecule has 0 spiro atoms. The van der Waals surface area contributed by atoms with E-state index in [2.05, 4.69) is 36.2 Å². The van der Waals surface area contributed by atoms with Gasteiger partial charge in [-0.1, -0.05) is 90.5 Å². The molecule has 0 aliphatic carbocycles. The minimum Gasteiger partial charge on any atom is -0.354 e. The van der Waals surface area contributed by atoms with Gasteiger partial charge in [-0.25, -0.2) is 4.98 Å². The van der Waals surface area contributed by atoms with E-state index >= 15 is 0 Å². The van der Waals surface area contributed by atoms with Gasteiger partial charge < -0.3 is 4.98 Å². The quantitative estimate of drug-likeness (QED) is 0.439. The van der Waals surface area contributed by atoms with E-state index in [9.17, 15) is 4.79 Å². The molecule has 0 radical (unpaired) electrons. The summed E-state index contributed by atoms with van der Waals surface area (Å²) in [6.07, 6.45) is 3.06. The summed E-state index contributed by atoms with van der Waals surface area (Å²) in [7, 11) is 0. The molecule has 2 heterocycles. The smallest absolute Gasteiger partial charge is 0.278 e. The van der Waals surface area contributed by atoms with Crippen molar-refractivity contribution in [1.82, 2.24) is 14.5 Å². The van der Waals surface area contributed by atoms with E-state index in [1.54, 1.807) is 4.57 Å². The van der Waals surface area contributed by atoms with Crippen LogP contribution < -0.4 is 5.56 Å². The first kappa shape index (κ1) is 19.1. The fourth-order valence-electron chi connectivity index (χ4n) is 4.00. The lowest BCUT2D eigenvalue weighted by atomic mass is 10.1. The number of aryl methyl sites for hydroxylation is 1. The second-order valence-electron chi connectivity index (χ2n) is 7.90. The van der Waals surface area contributed by atoms with E-state index in [1.807, 2.05) is 66.9 Å². The number of nitrogens with zero attached hydrogens (tertiary/aromatic N) is 2. The Morgan fingerprint density at radius 3 is 2.29 bits per heavy atom. The normalized spacial score (nSPS) is 11.1. The van der Waals surface area contributed by atoms with Crippen molar-refractivity contribution in [3.05, 3.63) is 130 Å². The predicted octanol–water partition coefficient (Wildman–Crippen LogP) is 5.16. The van der Waals surface area contributed by atoms with Crippen molar-refractivity contribution >= 4 is 0 Å². The van der Waals surface area contributed by atoms with Gasteiger partial charge in [0, 0.05) is 19.0 Å². The molecule has 3 aromatic carbocycles. The Balaban J connectivity index is 1.65. The number of aromatic amines is 1. The van der Waals surface area contributed by atoms with Crippen LogP contribution in [0, 0.1) is 6.92 Å². The highest BCUT2D eigenvalue weighted by Crippen LogP contribution is 2.23. The van der Waals surface area contributed by atoms with Crippen LogP contribution in [-0.4, -0.2) is 14.5 Å². The number of imidazole rings is 1. The molecule has 0 atom stereocenters. The van der Waals surface area contributed by atoms with Gasteiger partial charge in [-0.05, 0) is 23.6 Å². The van der Waals surface area contributed by atoms with Gasteiger partial charge in [-0.3, -0.25) is 9.36 Å². The Morgan fingerprint density at radius 2 is 1.55 bits per heavy atom. The summed E-state index contributed by atoms with van der Waals surface area (Å²) >= 11 is 0. The van der Waals surface area contributed by atoms with Gasteiger partial charge in [0.25, 0.3) is 5.56 Å². The van der Waals surface area contributed by atoms with Gasteiger partial charge in [0.05, 0.1) is 11.4 Å². The fourth-order valence-corrected chi connectivity index (χ4v) is 4.00. The minimum absolute atomic E-state index is 0.0583. The van der Waals surface area contributed by atoms with Crippen molar-refractivity contribution in [3.63, 3.8) is 0 Å². The van der Waals surface area contributed by atoms with Crippen LogP contribution in [0.1, 0.15) is 28.1 Å². The van der Waals surface area contributed by atoms with E-state index in [1.165, 1.54) is 11.1 Å². The third kappa shape index (κ3) is 3.92. The van der Waals surface area contributed by atoms with Crippen LogP contribution in [0.3, 0.4) is 0 Å². The second-order valence-corrected chi connectivity index (χ2v) is 7.90. The topological polar surface area (TPSA) is 50.7 Å². The summed E-state index contributed by atoms with van der Waals surface area (Å²) in [6.45, 7) is 2.06. The molecule has 5 rings (SSSR count). The standard InChI is InChI=1S/C27H23N3O/c1-19-9-8-12-21(15-19)17-24-27(31)30-18-25(22-13-6-3-7-14-22)28-23(26(30)29-24)16-20-10-4-2-5-11-20/h2-15,18,28H,16-17H2,1H3. The third-order valence-corrected chi connectivity index (χ3v) is 5.51. The van der Waals surface area contributed by atoms with Crippen molar-refractivity contribution in [3.8, 4) is 17.1 Å². The molecule has 4 nitrogen and oxygen atoms in total. The van der Waals surface area contributed by atoms with Crippen molar-refractivity contribution in [2.45, 2.75) is 19.8 Å². The SMILES string of the molecule is Cc1cccc(Cc2nc3c(Cc4ccccc4)[nH]c(-c4ccccc4)cn-3c2=O)c1. The van der Waals surface area contributed by atoms with Crippen LogP contribution in [0.2, 0.25) is 0 Å².